The van der Waals surface area contributed by atoms with E-state index in [9.17, 15) is 13.2 Å². The SMILES string of the molecule is Cc1cnc(Cn2c(N)nc3cc(C(F)(F)F)ccc32)o1. The largest absolute Gasteiger partial charge is 0.444 e. The third-order valence-corrected chi connectivity index (χ3v) is 3.07. The van der Waals surface area contributed by atoms with Crippen molar-refractivity contribution in [1.29, 1.82) is 0 Å². The van der Waals surface area contributed by atoms with Crippen LogP contribution in [0.4, 0.5) is 19.1 Å². The van der Waals surface area contributed by atoms with Crippen LogP contribution in [0.25, 0.3) is 11.0 Å². The third-order valence-electron chi connectivity index (χ3n) is 3.07. The maximum atomic E-state index is 12.7. The van der Waals surface area contributed by atoms with E-state index < -0.39 is 11.7 Å². The zero-order valence-corrected chi connectivity index (χ0v) is 11.0. The highest BCUT2D eigenvalue weighted by Gasteiger charge is 2.31. The molecule has 0 saturated heterocycles. The average Bonchev–Trinajstić information content (AvgIpc) is 2.93. The molecule has 0 bridgehead atoms. The van der Waals surface area contributed by atoms with E-state index >= 15 is 0 Å². The van der Waals surface area contributed by atoms with Gasteiger partial charge in [0.15, 0.2) is 0 Å². The molecule has 0 aliphatic carbocycles. The van der Waals surface area contributed by atoms with E-state index in [1.165, 1.54) is 6.07 Å². The van der Waals surface area contributed by atoms with Gasteiger partial charge in [0.25, 0.3) is 0 Å². The highest BCUT2D eigenvalue weighted by Crippen LogP contribution is 2.32. The van der Waals surface area contributed by atoms with Crippen LogP contribution in [0.2, 0.25) is 0 Å². The predicted molar refractivity (Wildman–Crippen MR) is 69.5 cm³/mol. The molecule has 0 saturated carbocycles. The smallest absolute Gasteiger partial charge is 0.416 e. The van der Waals surface area contributed by atoms with Crippen LogP contribution in [-0.4, -0.2) is 14.5 Å². The fourth-order valence-electron chi connectivity index (χ4n) is 2.10. The Bertz CT molecular complexity index is 803. The summed E-state index contributed by atoms with van der Waals surface area (Å²) >= 11 is 0. The quantitative estimate of drug-likeness (QED) is 0.789. The Morgan fingerprint density at radius 2 is 2.10 bits per heavy atom. The normalized spacial score (nSPS) is 12.2. The summed E-state index contributed by atoms with van der Waals surface area (Å²) in [6, 6.07) is 3.32. The number of imidazole rings is 1. The van der Waals surface area contributed by atoms with Crippen molar-refractivity contribution in [3.8, 4) is 0 Å². The summed E-state index contributed by atoms with van der Waals surface area (Å²) in [5, 5.41) is 0. The topological polar surface area (TPSA) is 69.9 Å². The van der Waals surface area contributed by atoms with Crippen molar-refractivity contribution in [2.45, 2.75) is 19.6 Å². The number of nitrogen functional groups attached to an aromatic ring is 1. The number of anilines is 1. The minimum absolute atomic E-state index is 0.111. The first-order chi connectivity index (χ1) is 9.84. The number of alkyl halides is 3. The standard InChI is InChI=1S/C13H11F3N4O/c1-7-5-18-11(21-7)6-20-10-3-2-8(13(14,15)16)4-9(10)19-12(20)17/h2-5H,6H2,1H3,(H2,17,19). The number of hydrogen-bond acceptors (Lipinski definition) is 4. The first-order valence-electron chi connectivity index (χ1n) is 6.09. The fourth-order valence-corrected chi connectivity index (χ4v) is 2.10. The molecule has 0 amide bonds. The second kappa shape index (κ2) is 4.51. The molecule has 110 valence electrons. The van der Waals surface area contributed by atoms with Gasteiger partial charge in [-0.05, 0) is 25.1 Å². The summed E-state index contributed by atoms with van der Waals surface area (Å²) in [5.41, 5.74) is 5.69. The lowest BCUT2D eigenvalue weighted by molar-refractivity contribution is -0.137. The molecule has 0 aliphatic rings. The molecule has 5 nitrogen and oxygen atoms in total. The summed E-state index contributed by atoms with van der Waals surface area (Å²) in [4.78, 5) is 8.01. The van der Waals surface area contributed by atoms with Crippen molar-refractivity contribution >= 4 is 17.0 Å². The van der Waals surface area contributed by atoms with E-state index in [1.807, 2.05) is 0 Å². The molecule has 0 unspecified atom stereocenters. The summed E-state index contributed by atoms with van der Waals surface area (Å²) in [6.07, 6.45) is -2.85. The van der Waals surface area contributed by atoms with Crippen molar-refractivity contribution in [2.24, 2.45) is 0 Å². The summed E-state index contributed by atoms with van der Waals surface area (Å²) < 4.78 is 44.9. The summed E-state index contributed by atoms with van der Waals surface area (Å²) in [6.45, 7) is 1.96. The van der Waals surface area contributed by atoms with Gasteiger partial charge in [-0.2, -0.15) is 13.2 Å². The third kappa shape index (κ3) is 2.44. The minimum atomic E-state index is -4.41. The molecule has 0 aliphatic heterocycles. The number of rotatable bonds is 2. The molecular formula is C13H11F3N4O. The molecule has 0 atom stereocenters. The van der Waals surface area contributed by atoms with Crippen LogP contribution in [0.5, 0.6) is 0 Å². The number of hydrogen-bond donors (Lipinski definition) is 1. The van der Waals surface area contributed by atoms with Crippen LogP contribution in [0.3, 0.4) is 0 Å². The van der Waals surface area contributed by atoms with Crippen LogP contribution in [0.1, 0.15) is 17.2 Å². The zero-order chi connectivity index (χ0) is 15.2. The number of nitrogens with two attached hydrogens (primary N) is 1. The number of nitrogens with zero attached hydrogens (tertiary/aromatic N) is 3. The van der Waals surface area contributed by atoms with Gasteiger partial charge in [0, 0.05) is 0 Å². The Labute approximate surface area is 117 Å². The minimum Gasteiger partial charge on any atom is -0.444 e. The second-order valence-electron chi connectivity index (χ2n) is 4.62. The zero-order valence-electron chi connectivity index (χ0n) is 11.0. The molecule has 0 radical (unpaired) electrons. The van der Waals surface area contributed by atoms with Crippen molar-refractivity contribution in [3.63, 3.8) is 0 Å². The predicted octanol–water partition coefficient (Wildman–Crippen LogP) is 2.98. The highest BCUT2D eigenvalue weighted by atomic mass is 19.4. The number of fused-ring (bicyclic) bond motifs is 1. The lowest BCUT2D eigenvalue weighted by Gasteiger charge is -2.07. The Morgan fingerprint density at radius 3 is 2.71 bits per heavy atom. The van der Waals surface area contributed by atoms with Gasteiger partial charge in [0.05, 0.1) is 22.8 Å². The van der Waals surface area contributed by atoms with E-state index in [1.54, 1.807) is 17.7 Å². The van der Waals surface area contributed by atoms with E-state index in [2.05, 4.69) is 9.97 Å². The number of halogens is 3. The molecule has 0 fully saturated rings. The molecule has 21 heavy (non-hydrogen) atoms. The van der Waals surface area contributed by atoms with Crippen LogP contribution in [0, 0.1) is 6.92 Å². The lowest BCUT2D eigenvalue weighted by Crippen LogP contribution is -2.06. The molecule has 8 heteroatoms. The average molecular weight is 296 g/mol. The monoisotopic (exact) mass is 296 g/mol. The van der Waals surface area contributed by atoms with Gasteiger partial charge < -0.3 is 14.7 Å². The van der Waals surface area contributed by atoms with Gasteiger partial charge in [0.1, 0.15) is 12.3 Å². The fraction of sp³-hybridized carbons (Fsp3) is 0.231. The van der Waals surface area contributed by atoms with Gasteiger partial charge in [-0.25, -0.2) is 9.97 Å². The summed E-state index contributed by atoms with van der Waals surface area (Å²) in [7, 11) is 0. The number of benzene rings is 1. The van der Waals surface area contributed by atoms with Crippen LogP contribution in [-0.2, 0) is 12.7 Å². The molecule has 1 aromatic carbocycles. The maximum Gasteiger partial charge on any atom is 0.416 e. The Kier molecular flexibility index (Phi) is 2.89. The lowest BCUT2D eigenvalue weighted by atomic mass is 10.2. The van der Waals surface area contributed by atoms with E-state index in [4.69, 9.17) is 10.2 Å². The van der Waals surface area contributed by atoms with E-state index in [0.29, 0.717) is 17.2 Å². The van der Waals surface area contributed by atoms with Gasteiger partial charge in [0.2, 0.25) is 11.8 Å². The van der Waals surface area contributed by atoms with Gasteiger partial charge in [-0.3, -0.25) is 0 Å². The van der Waals surface area contributed by atoms with Crippen molar-refractivity contribution in [3.05, 3.63) is 41.6 Å². The summed E-state index contributed by atoms with van der Waals surface area (Å²) in [5.74, 6) is 1.17. The molecule has 2 N–H and O–H groups in total. The van der Waals surface area contributed by atoms with Crippen LogP contribution < -0.4 is 5.73 Å². The Morgan fingerprint density at radius 1 is 1.33 bits per heavy atom. The van der Waals surface area contributed by atoms with Gasteiger partial charge in [-0.15, -0.1) is 0 Å². The number of aromatic nitrogens is 3. The van der Waals surface area contributed by atoms with Crippen molar-refractivity contribution in [2.75, 3.05) is 5.73 Å². The molecule has 0 spiro atoms. The molecule has 2 aromatic heterocycles. The van der Waals surface area contributed by atoms with E-state index in [0.717, 1.165) is 12.1 Å². The molecular weight excluding hydrogens is 285 g/mol. The van der Waals surface area contributed by atoms with Gasteiger partial charge >= 0.3 is 6.18 Å². The maximum absolute atomic E-state index is 12.7. The van der Waals surface area contributed by atoms with Crippen LogP contribution >= 0.6 is 0 Å². The van der Waals surface area contributed by atoms with Crippen molar-refractivity contribution in [1.82, 2.24) is 14.5 Å². The second-order valence-corrected chi connectivity index (χ2v) is 4.62. The first kappa shape index (κ1) is 13.5. The van der Waals surface area contributed by atoms with E-state index in [-0.39, 0.29) is 18.0 Å². The van der Waals surface area contributed by atoms with Crippen LogP contribution in [0.15, 0.2) is 28.8 Å². The molecule has 2 heterocycles. The number of oxazole rings is 1. The van der Waals surface area contributed by atoms with Gasteiger partial charge in [-0.1, -0.05) is 0 Å². The Balaban J connectivity index is 2.05. The Hall–Kier alpha value is -2.51. The number of aryl methyl sites for hydroxylation is 1. The molecule has 3 rings (SSSR count). The highest BCUT2D eigenvalue weighted by molar-refractivity contribution is 5.79. The molecule has 3 aromatic rings. The first-order valence-corrected chi connectivity index (χ1v) is 6.09. The van der Waals surface area contributed by atoms with Crippen molar-refractivity contribution < 1.29 is 17.6 Å².